The molecule has 0 spiro atoms. The van der Waals surface area contributed by atoms with E-state index in [9.17, 15) is 14.4 Å². The molecule has 2 unspecified atom stereocenters. The monoisotopic (exact) mass is 590 g/mol. The smallest absolute Gasteiger partial charge is 0.412 e. The molecule has 2 aliphatic heterocycles. The lowest BCUT2D eigenvalue weighted by atomic mass is 9.95. The summed E-state index contributed by atoms with van der Waals surface area (Å²) in [6.07, 6.45) is 4.76. The summed E-state index contributed by atoms with van der Waals surface area (Å²) in [4.78, 5) is 47.8. The Morgan fingerprint density at radius 2 is 1.79 bits per heavy atom. The molecule has 3 fully saturated rings. The highest BCUT2D eigenvalue weighted by atomic mass is 32.1. The molecule has 2 atom stereocenters. The van der Waals surface area contributed by atoms with Crippen molar-refractivity contribution < 1.29 is 28.6 Å². The van der Waals surface area contributed by atoms with Gasteiger partial charge in [0, 0.05) is 36.4 Å². The molecular weight excluding hydrogens is 556 g/mol. The van der Waals surface area contributed by atoms with Crippen LogP contribution in [0.1, 0.15) is 48.0 Å². The predicted molar refractivity (Wildman–Crippen MR) is 156 cm³/mol. The zero-order chi connectivity index (χ0) is 28.9. The van der Waals surface area contributed by atoms with Gasteiger partial charge in [-0.2, -0.15) is 0 Å². The topological polar surface area (TPSA) is 110 Å². The van der Waals surface area contributed by atoms with Crippen molar-refractivity contribution in [3.63, 3.8) is 0 Å². The number of thiazole rings is 1. The molecule has 3 amide bonds. The Bertz CT molecular complexity index is 1360. The van der Waals surface area contributed by atoms with Gasteiger partial charge in [0.2, 0.25) is 0 Å². The number of carbonyl (C=O) groups excluding carboxylic acids is 3. The summed E-state index contributed by atoms with van der Waals surface area (Å²) in [6.45, 7) is 1.47. The van der Waals surface area contributed by atoms with Gasteiger partial charge in [-0.05, 0) is 67.9 Å². The van der Waals surface area contributed by atoms with Gasteiger partial charge < -0.3 is 19.5 Å². The highest BCUT2D eigenvalue weighted by molar-refractivity contribution is 7.13. The SMILES string of the molecule is O=C(NC1CC1)c1ccc(N(C(=O)C2COC(CC3CCOCC3)N2C(=O)OCc2ccccc2)c2nccs2)cc1. The number of ether oxygens (including phenoxy) is 3. The minimum absolute atomic E-state index is 0.0386. The highest BCUT2D eigenvalue weighted by Gasteiger charge is 2.46. The van der Waals surface area contributed by atoms with Gasteiger partial charge in [-0.3, -0.25) is 19.4 Å². The van der Waals surface area contributed by atoms with E-state index in [0.29, 0.717) is 41.9 Å². The van der Waals surface area contributed by atoms with Gasteiger partial charge in [-0.25, -0.2) is 9.78 Å². The van der Waals surface area contributed by atoms with Gasteiger partial charge in [0.25, 0.3) is 11.8 Å². The van der Waals surface area contributed by atoms with Crippen LogP contribution in [0.5, 0.6) is 0 Å². The second kappa shape index (κ2) is 13.0. The van der Waals surface area contributed by atoms with Gasteiger partial charge in [-0.1, -0.05) is 30.3 Å². The molecule has 10 nitrogen and oxygen atoms in total. The molecule has 1 saturated carbocycles. The molecule has 1 N–H and O–H groups in total. The molecule has 42 heavy (non-hydrogen) atoms. The van der Waals surface area contributed by atoms with E-state index in [1.54, 1.807) is 35.8 Å². The lowest BCUT2D eigenvalue weighted by Crippen LogP contribution is -2.50. The summed E-state index contributed by atoms with van der Waals surface area (Å²) < 4.78 is 17.4. The van der Waals surface area contributed by atoms with Crippen molar-refractivity contribution in [3.05, 3.63) is 77.3 Å². The zero-order valence-electron chi connectivity index (χ0n) is 23.2. The van der Waals surface area contributed by atoms with Gasteiger partial charge >= 0.3 is 6.09 Å². The van der Waals surface area contributed by atoms with Crippen molar-refractivity contribution in [1.82, 2.24) is 15.2 Å². The first kappa shape index (κ1) is 28.3. The summed E-state index contributed by atoms with van der Waals surface area (Å²) in [5.41, 5.74) is 1.91. The van der Waals surface area contributed by atoms with E-state index in [1.807, 2.05) is 30.3 Å². The number of aromatic nitrogens is 1. The third kappa shape index (κ3) is 6.64. The van der Waals surface area contributed by atoms with Crippen LogP contribution >= 0.6 is 11.3 Å². The second-order valence-electron chi connectivity index (χ2n) is 10.8. The van der Waals surface area contributed by atoms with E-state index >= 15 is 0 Å². The molecular formula is C31H34N4O6S. The van der Waals surface area contributed by atoms with E-state index in [4.69, 9.17) is 14.2 Å². The first-order valence-electron chi connectivity index (χ1n) is 14.4. The van der Waals surface area contributed by atoms with Gasteiger partial charge in [-0.15, -0.1) is 11.3 Å². The van der Waals surface area contributed by atoms with Crippen molar-refractivity contribution in [2.24, 2.45) is 5.92 Å². The second-order valence-corrected chi connectivity index (χ2v) is 11.7. The molecule has 1 aliphatic carbocycles. The Balaban J connectivity index is 1.24. The Hall–Kier alpha value is -3.80. The first-order valence-corrected chi connectivity index (χ1v) is 15.3. The fourth-order valence-electron chi connectivity index (χ4n) is 5.31. The minimum Gasteiger partial charge on any atom is -0.444 e. The average Bonchev–Trinajstić information content (AvgIpc) is 3.48. The number of amides is 3. The van der Waals surface area contributed by atoms with E-state index in [2.05, 4.69) is 10.3 Å². The molecule has 3 aliphatic rings. The fourth-order valence-corrected chi connectivity index (χ4v) is 5.97. The predicted octanol–water partition coefficient (Wildman–Crippen LogP) is 4.88. The molecule has 2 saturated heterocycles. The van der Waals surface area contributed by atoms with E-state index in [0.717, 1.165) is 31.2 Å². The van der Waals surface area contributed by atoms with Crippen LogP contribution in [0.25, 0.3) is 0 Å². The third-order valence-corrected chi connectivity index (χ3v) is 8.56. The summed E-state index contributed by atoms with van der Waals surface area (Å²) in [7, 11) is 0. The molecule has 3 heterocycles. The number of carbonyl (C=O) groups is 3. The van der Waals surface area contributed by atoms with Crippen LogP contribution in [0.4, 0.5) is 15.6 Å². The number of hydrogen-bond acceptors (Lipinski definition) is 8. The van der Waals surface area contributed by atoms with E-state index in [-0.39, 0.29) is 31.1 Å². The molecule has 0 radical (unpaired) electrons. The van der Waals surface area contributed by atoms with Crippen LogP contribution in [-0.2, 0) is 25.6 Å². The molecule has 3 aromatic rings. The summed E-state index contributed by atoms with van der Waals surface area (Å²) in [5.74, 6) is -0.179. The maximum Gasteiger partial charge on any atom is 0.412 e. The zero-order valence-corrected chi connectivity index (χ0v) is 24.0. The van der Waals surface area contributed by atoms with Crippen molar-refractivity contribution in [3.8, 4) is 0 Å². The molecule has 11 heteroatoms. The molecule has 1 aromatic heterocycles. The molecule has 6 rings (SSSR count). The van der Waals surface area contributed by atoms with Crippen LogP contribution in [0.15, 0.2) is 66.2 Å². The van der Waals surface area contributed by atoms with Gasteiger partial charge in [0.1, 0.15) is 18.9 Å². The lowest BCUT2D eigenvalue weighted by molar-refractivity contribution is -0.122. The van der Waals surface area contributed by atoms with Crippen LogP contribution in [0.2, 0.25) is 0 Å². The Labute approximate surface area is 248 Å². The number of rotatable bonds is 9. The fraction of sp³-hybridized carbons (Fsp3) is 0.419. The van der Waals surface area contributed by atoms with Gasteiger partial charge in [0.05, 0.1) is 12.3 Å². The van der Waals surface area contributed by atoms with Crippen LogP contribution in [0.3, 0.4) is 0 Å². The van der Waals surface area contributed by atoms with Crippen LogP contribution in [-0.4, -0.2) is 65.9 Å². The van der Waals surface area contributed by atoms with Crippen molar-refractivity contribution in [1.29, 1.82) is 0 Å². The number of hydrogen-bond donors (Lipinski definition) is 1. The Morgan fingerprint density at radius 1 is 1.02 bits per heavy atom. The van der Waals surface area contributed by atoms with Crippen molar-refractivity contribution >= 4 is 40.1 Å². The van der Waals surface area contributed by atoms with Gasteiger partial charge in [0.15, 0.2) is 5.13 Å². The quantitative estimate of drug-likeness (QED) is 0.378. The number of benzene rings is 2. The maximum absolute atomic E-state index is 14.3. The standard InChI is InChI=1S/C31H34N4O6S/c36-28(33-24-8-9-24)23-6-10-25(11-7-23)34(30-32-14-17-42-30)29(37)26-20-40-27(18-21-12-15-39-16-13-21)35(26)31(38)41-19-22-4-2-1-3-5-22/h1-7,10-11,14,17,21,24,26-27H,8-9,12-13,15-16,18-20H2,(H,33,36). The van der Waals surface area contributed by atoms with Crippen molar-refractivity contribution in [2.75, 3.05) is 24.7 Å². The lowest BCUT2D eigenvalue weighted by Gasteiger charge is -2.32. The maximum atomic E-state index is 14.3. The summed E-state index contributed by atoms with van der Waals surface area (Å²) >= 11 is 1.31. The number of nitrogens with zero attached hydrogens (tertiary/aromatic N) is 3. The number of anilines is 2. The summed E-state index contributed by atoms with van der Waals surface area (Å²) in [5, 5.41) is 5.23. The normalized spacial score (nSPS) is 20.7. The molecule has 2 aromatic carbocycles. The molecule has 0 bridgehead atoms. The largest absolute Gasteiger partial charge is 0.444 e. The van der Waals surface area contributed by atoms with Crippen LogP contribution < -0.4 is 10.2 Å². The van der Waals surface area contributed by atoms with Crippen molar-refractivity contribution in [2.45, 2.75) is 57.0 Å². The average molecular weight is 591 g/mol. The Morgan fingerprint density at radius 3 is 2.48 bits per heavy atom. The summed E-state index contributed by atoms with van der Waals surface area (Å²) in [6, 6.07) is 15.6. The highest BCUT2D eigenvalue weighted by Crippen LogP contribution is 2.34. The first-order chi connectivity index (χ1) is 20.6. The third-order valence-electron chi connectivity index (χ3n) is 7.80. The van der Waals surface area contributed by atoms with E-state index in [1.165, 1.54) is 21.1 Å². The minimum atomic E-state index is -0.917. The van der Waals surface area contributed by atoms with Crippen LogP contribution in [0, 0.1) is 5.92 Å². The number of nitrogens with one attached hydrogen (secondary N) is 1. The Kier molecular flexibility index (Phi) is 8.78. The van der Waals surface area contributed by atoms with E-state index < -0.39 is 18.4 Å². The molecule has 220 valence electrons.